The molecule has 8 heteroatoms. The van der Waals surface area contributed by atoms with Gasteiger partial charge in [-0.3, -0.25) is 9.88 Å². The van der Waals surface area contributed by atoms with Crippen molar-refractivity contribution in [1.29, 1.82) is 0 Å². The smallest absolute Gasteiger partial charge is 0.401 e. The molecule has 0 atom stereocenters. The van der Waals surface area contributed by atoms with Crippen molar-refractivity contribution in [2.24, 2.45) is 10.9 Å². The first kappa shape index (κ1) is 15.2. The Bertz CT molecular complexity index is 448. The van der Waals surface area contributed by atoms with Crippen LogP contribution in [-0.4, -0.2) is 40.2 Å². The fraction of sp³-hybridized carbons (Fsp3) is 0.455. The molecule has 0 fully saturated rings. The Balaban J connectivity index is 2.80. The minimum atomic E-state index is -4.24. The molecule has 5 nitrogen and oxygen atoms in total. The third-order valence-electron chi connectivity index (χ3n) is 2.45. The average molecular weight is 276 g/mol. The van der Waals surface area contributed by atoms with Crippen molar-refractivity contribution in [2.75, 3.05) is 13.1 Å². The van der Waals surface area contributed by atoms with Crippen LogP contribution in [0.15, 0.2) is 23.5 Å². The van der Waals surface area contributed by atoms with E-state index in [-0.39, 0.29) is 24.6 Å². The molecule has 0 unspecified atom stereocenters. The number of pyridine rings is 1. The van der Waals surface area contributed by atoms with Gasteiger partial charge in [-0.25, -0.2) is 0 Å². The van der Waals surface area contributed by atoms with Gasteiger partial charge in [0.1, 0.15) is 5.69 Å². The number of hydrogen-bond donors (Lipinski definition) is 2. The van der Waals surface area contributed by atoms with Gasteiger partial charge in [0, 0.05) is 12.7 Å². The van der Waals surface area contributed by atoms with E-state index in [9.17, 15) is 13.2 Å². The highest BCUT2D eigenvalue weighted by molar-refractivity contribution is 5.95. The standard InChI is InChI=1S/C11H15F3N4O/c1-2-18(7-11(12,13)14)6-8-3-4-16-9(5-8)10(15)17-19/h3-5,19H,2,6-7H2,1H3,(H2,15,17). The number of halogens is 3. The molecular formula is C11H15F3N4O. The van der Waals surface area contributed by atoms with E-state index in [2.05, 4.69) is 10.1 Å². The van der Waals surface area contributed by atoms with Gasteiger partial charge in [-0.05, 0) is 24.2 Å². The molecule has 1 aromatic rings. The van der Waals surface area contributed by atoms with Gasteiger partial charge in [0.25, 0.3) is 0 Å². The zero-order valence-corrected chi connectivity index (χ0v) is 10.4. The van der Waals surface area contributed by atoms with Crippen molar-refractivity contribution in [2.45, 2.75) is 19.6 Å². The number of nitrogens with two attached hydrogens (primary N) is 1. The van der Waals surface area contributed by atoms with E-state index in [4.69, 9.17) is 10.9 Å². The molecular weight excluding hydrogens is 261 g/mol. The van der Waals surface area contributed by atoms with Crippen LogP contribution in [0.1, 0.15) is 18.2 Å². The van der Waals surface area contributed by atoms with Crippen molar-refractivity contribution in [3.8, 4) is 0 Å². The van der Waals surface area contributed by atoms with Crippen LogP contribution in [0.2, 0.25) is 0 Å². The summed E-state index contributed by atoms with van der Waals surface area (Å²) in [5.74, 6) is -0.180. The van der Waals surface area contributed by atoms with Gasteiger partial charge in [0.15, 0.2) is 5.84 Å². The van der Waals surface area contributed by atoms with Crippen molar-refractivity contribution in [1.82, 2.24) is 9.88 Å². The molecule has 0 saturated heterocycles. The van der Waals surface area contributed by atoms with E-state index in [0.717, 1.165) is 0 Å². The fourth-order valence-electron chi connectivity index (χ4n) is 1.56. The minimum Gasteiger partial charge on any atom is -0.409 e. The van der Waals surface area contributed by atoms with Gasteiger partial charge in [-0.1, -0.05) is 12.1 Å². The van der Waals surface area contributed by atoms with Crippen LogP contribution in [0.25, 0.3) is 0 Å². The molecule has 0 aliphatic carbocycles. The second-order valence-corrected chi connectivity index (χ2v) is 3.95. The third-order valence-corrected chi connectivity index (χ3v) is 2.45. The number of alkyl halides is 3. The Kier molecular flexibility index (Phi) is 5.11. The van der Waals surface area contributed by atoms with E-state index in [1.54, 1.807) is 13.0 Å². The quantitative estimate of drug-likeness (QED) is 0.370. The topological polar surface area (TPSA) is 74.7 Å². The molecule has 19 heavy (non-hydrogen) atoms. The SMILES string of the molecule is CCN(Cc1ccnc(C(N)=NO)c1)CC(F)(F)F. The van der Waals surface area contributed by atoms with Gasteiger partial charge in [-0.15, -0.1) is 0 Å². The lowest BCUT2D eigenvalue weighted by Crippen LogP contribution is -2.33. The largest absolute Gasteiger partial charge is 0.409 e. The van der Waals surface area contributed by atoms with Crippen LogP contribution in [0.4, 0.5) is 13.2 Å². The molecule has 0 aliphatic heterocycles. The molecule has 0 aromatic carbocycles. The van der Waals surface area contributed by atoms with E-state index in [1.807, 2.05) is 0 Å². The van der Waals surface area contributed by atoms with E-state index < -0.39 is 12.7 Å². The normalized spacial score (nSPS) is 13.0. The average Bonchev–Trinajstić information content (AvgIpc) is 2.35. The molecule has 0 spiro atoms. The molecule has 1 rings (SSSR count). The zero-order valence-electron chi connectivity index (χ0n) is 10.4. The molecule has 0 aliphatic rings. The monoisotopic (exact) mass is 276 g/mol. The maximum Gasteiger partial charge on any atom is 0.401 e. The number of oxime groups is 1. The van der Waals surface area contributed by atoms with E-state index in [1.165, 1.54) is 17.2 Å². The Hall–Kier alpha value is -1.83. The number of nitrogens with zero attached hydrogens (tertiary/aromatic N) is 3. The molecule has 1 aromatic heterocycles. The van der Waals surface area contributed by atoms with Gasteiger partial charge < -0.3 is 10.9 Å². The van der Waals surface area contributed by atoms with Crippen LogP contribution in [-0.2, 0) is 6.54 Å². The van der Waals surface area contributed by atoms with E-state index in [0.29, 0.717) is 5.56 Å². The summed E-state index contributed by atoms with van der Waals surface area (Å²) in [6.07, 6.45) is -2.83. The number of rotatable bonds is 5. The summed E-state index contributed by atoms with van der Waals surface area (Å²) in [5, 5.41) is 11.3. The Morgan fingerprint density at radius 2 is 2.21 bits per heavy atom. The highest BCUT2D eigenvalue weighted by Gasteiger charge is 2.30. The molecule has 0 bridgehead atoms. The lowest BCUT2D eigenvalue weighted by atomic mass is 10.2. The Morgan fingerprint density at radius 1 is 1.53 bits per heavy atom. The van der Waals surface area contributed by atoms with Crippen LogP contribution in [0.5, 0.6) is 0 Å². The molecule has 106 valence electrons. The number of aromatic nitrogens is 1. The first-order valence-electron chi connectivity index (χ1n) is 5.57. The van der Waals surface area contributed by atoms with Gasteiger partial charge >= 0.3 is 6.18 Å². The first-order valence-corrected chi connectivity index (χ1v) is 5.57. The molecule has 3 N–H and O–H groups in total. The van der Waals surface area contributed by atoms with Crippen LogP contribution in [0, 0.1) is 0 Å². The molecule has 0 saturated carbocycles. The lowest BCUT2D eigenvalue weighted by molar-refractivity contribution is -0.146. The summed E-state index contributed by atoms with van der Waals surface area (Å²) in [6.45, 7) is 1.05. The maximum absolute atomic E-state index is 12.3. The minimum absolute atomic E-state index is 0.115. The first-order chi connectivity index (χ1) is 8.85. The highest BCUT2D eigenvalue weighted by atomic mass is 19.4. The van der Waals surface area contributed by atoms with E-state index >= 15 is 0 Å². The summed E-state index contributed by atoms with van der Waals surface area (Å²) in [7, 11) is 0. The van der Waals surface area contributed by atoms with Gasteiger partial charge in [0.05, 0.1) is 6.54 Å². The second kappa shape index (κ2) is 6.37. The number of hydrogen-bond acceptors (Lipinski definition) is 4. The van der Waals surface area contributed by atoms with Crippen molar-refractivity contribution >= 4 is 5.84 Å². The van der Waals surface area contributed by atoms with Crippen LogP contribution >= 0.6 is 0 Å². The van der Waals surface area contributed by atoms with Gasteiger partial charge in [-0.2, -0.15) is 13.2 Å². The van der Waals surface area contributed by atoms with Crippen molar-refractivity contribution in [3.05, 3.63) is 29.6 Å². The van der Waals surface area contributed by atoms with Crippen molar-refractivity contribution in [3.63, 3.8) is 0 Å². The molecule has 0 amide bonds. The Labute approximate surface area is 108 Å². The van der Waals surface area contributed by atoms with Crippen molar-refractivity contribution < 1.29 is 18.4 Å². The lowest BCUT2D eigenvalue weighted by Gasteiger charge is -2.21. The van der Waals surface area contributed by atoms with Crippen LogP contribution in [0.3, 0.4) is 0 Å². The second-order valence-electron chi connectivity index (χ2n) is 3.95. The summed E-state index contributed by atoms with van der Waals surface area (Å²) < 4.78 is 37.0. The van der Waals surface area contributed by atoms with Gasteiger partial charge in [0.2, 0.25) is 0 Å². The zero-order chi connectivity index (χ0) is 14.5. The molecule has 1 heterocycles. The Morgan fingerprint density at radius 3 is 2.74 bits per heavy atom. The maximum atomic E-state index is 12.3. The summed E-state index contributed by atoms with van der Waals surface area (Å²) >= 11 is 0. The predicted molar refractivity (Wildman–Crippen MR) is 63.8 cm³/mol. The summed E-state index contributed by atoms with van der Waals surface area (Å²) in [6, 6.07) is 3.08. The third kappa shape index (κ3) is 5.12. The van der Waals surface area contributed by atoms with Crippen LogP contribution < -0.4 is 5.73 Å². The predicted octanol–water partition coefficient (Wildman–Crippen LogP) is 1.56. The number of amidine groups is 1. The summed E-state index contributed by atoms with van der Waals surface area (Å²) in [4.78, 5) is 5.10. The fourth-order valence-corrected chi connectivity index (χ4v) is 1.56. The molecule has 0 radical (unpaired) electrons. The summed E-state index contributed by atoms with van der Waals surface area (Å²) in [5.41, 5.74) is 6.21. The highest BCUT2D eigenvalue weighted by Crippen LogP contribution is 2.18.